The standard InChI is InChI=1S/C15H21N3OS2/c1-17(2)8-3-4-9-18-14(19)12-10-6-5-7-11(10)21-13(12)16-15(18)20/h3-9H2,1-2H3,(H,16,20). The number of nitrogens with one attached hydrogen (secondary N) is 1. The molecule has 0 aliphatic heterocycles. The number of fused-ring (bicyclic) bond motifs is 3. The second-order valence-electron chi connectivity index (χ2n) is 5.96. The summed E-state index contributed by atoms with van der Waals surface area (Å²) in [6, 6.07) is 0. The van der Waals surface area contributed by atoms with Crippen molar-refractivity contribution in [3.63, 3.8) is 0 Å². The number of aromatic nitrogens is 2. The van der Waals surface area contributed by atoms with Crippen molar-refractivity contribution in [2.75, 3.05) is 20.6 Å². The predicted octanol–water partition coefficient (Wildman–Crippen LogP) is 2.95. The van der Waals surface area contributed by atoms with Crippen LogP contribution in [0.5, 0.6) is 0 Å². The van der Waals surface area contributed by atoms with Crippen LogP contribution in [-0.2, 0) is 19.4 Å². The van der Waals surface area contributed by atoms with E-state index in [1.165, 1.54) is 16.9 Å². The molecule has 0 spiro atoms. The zero-order valence-electron chi connectivity index (χ0n) is 12.6. The first-order chi connectivity index (χ1) is 10.1. The Hall–Kier alpha value is -0.980. The topological polar surface area (TPSA) is 41.0 Å². The van der Waals surface area contributed by atoms with Gasteiger partial charge >= 0.3 is 0 Å². The minimum Gasteiger partial charge on any atom is -0.323 e. The van der Waals surface area contributed by atoms with Crippen molar-refractivity contribution in [3.05, 3.63) is 25.6 Å². The minimum absolute atomic E-state index is 0.109. The lowest BCUT2D eigenvalue weighted by Gasteiger charge is -2.10. The Bertz CT molecular complexity index is 770. The van der Waals surface area contributed by atoms with Gasteiger partial charge in [-0.05, 0) is 70.5 Å². The summed E-state index contributed by atoms with van der Waals surface area (Å²) in [5.74, 6) is 0. The number of thiophene rings is 1. The molecule has 0 bridgehead atoms. The van der Waals surface area contributed by atoms with Gasteiger partial charge in [-0.2, -0.15) is 0 Å². The molecular weight excluding hydrogens is 302 g/mol. The Kier molecular flexibility index (Phi) is 4.28. The molecule has 0 aromatic carbocycles. The molecule has 0 radical (unpaired) electrons. The third-order valence-electron chi connectivity index (χ3n) is 4.08. The Morgan fingerprint density at radius 2 is 2.14 bits per heavy atom. The van der Waals surface area contributed by atoms with Crippen molar-refractivity contribution < 1.29 is 0 Å². The molecule has 3 rings (SSSR count). The molecule has 2 heterocycles. The van der Waals surface area contributed by atoms with Gasteiger partial charge in [0.15, 0.2) is 4.77 Å². The van der Waals surface area contributed by atoms with Gasteiger partial charge in [0, 0.05) is 11.4 Å². The van der Waals surface area contributed by atoms with Crippen molar-refractivity contribution in [3.8, 4) is 0 Å². The van der Waals surface area contributed by atoms with Gasteiger partial charge in [-0.3, -0.25) is 9.36 Å². The number of H-pyrrole nitrogens is 1. The van der Waals surface area contributed by atoms with Crippen LogP contribution in [0.25, 0.3) is 10.2 Å². The summed E-state index contributed by atoms with van der Waals surface area (Å²) in [7, 11) is 4.14. The largest absolute Gasteiger partial charge is 0.323 e. The molecule has 1 aliphatic carbocycles. The van der Waals surface area contributed by atoms with Crippen LogP contribution < -0.4 is 5.56 Å². The van der Waals surface area contributed by atoms with Crippen molar-refractivity contribution in [1.82, 2.24) is 14.5 Å². The van der Waals surface area contributed by atoms with Crippen LogP contribution >= 0.6 is 23.6 Å². The van der Waals surface area contributed by atoms with Gasteiger partial charge in [-0.25, -0.2) is 0 Å². The van der Waals surface area contributed by atoms with E-state index >= 15 is 0 Å². The number of nitrogens with zero attached hydrogens (tertiary/aromatic N) is 2. The molecule has 2 aromatic heterocycles. The Morgan fingerprint density at radius 1 is 1.33 bits per heavy atom. The number of unbranched alkanes of at least 4 members (excludes halogenated alkanes) is 1. The second-order valence-corrected chi connectivity index (χ2v) is 7.45. The first-order valence-electron chi connectivity index (χ1n) is 7.50. The Balaban J connectivity index is 1.92. The van der Waals surface area contributed by atoms with Crippen molar-refractivity contribution in [2.24, 2.45) is 0 Å². The predicted molar refractivity (Wildman–Crippen MR) is 91.1 cm³/mol. The van der Waals surface area contributed by atoms with Gasteiger partial charge in [0.1, 0.15) is 4.83 Å². The summed E-state index contributed by atoms with van der Waals surface area (Å²) in [4.78, 5) is 20.5. The lowest BCUT2D eigenvalue weighted by Crippen LogP contribution is -2.23. The highest BCUT2D eigenvalue weighted by Crippen LogP contribution is 2.34. The molecule has 0 unspecified atom stereocenters. The molecule has 2 aromatic rings. The third kappa shape index (κ3) is 2.84. The van der Waals surface area contributed by atoms with Gasteiger partial charge < -0.3 is 9.88 Å². The molecule has 21 heavy (non-hydrogen) atoms. The number of aromatic amines is 1. The molecule has 1 N–H and O–H groups in total. The van der Waals surface area contributed by atoms with Crippen LogP contribution in [-0.4, -0.2) is 35.1 Å². The van der Waals surface area contributed by atoms with Gasteiger partial charge in [0.25, 0.3) is 5.56 Å². The Labute approximate surface area is 133 Å². The number of hydrogen-bond donors (Lipinski definition) is 1. The van der Waals surface area contributed by atoms with E-state index in [1.807, 2.05) is 0 Å². The highest BCUT2D eigenvalue weighted by atomic mass is 32.1. The van der Waals surface area contributed by atoms with E-state index in [1.54, 1.807) is 15.9 Å². The fourth-order valence-corrected chi connectivity index (χ4v) is 4.63. The molecule has 0 atom stereocenters. The fourth-order valence-electron chi connectivity index (χ4n) is 3.01. The maximum absolute atomic E-state index is 12.8. The molecule has 0 fully saturated rings. The average molecular weight is 323 g/mol. The van der Waals surface area contributed by atoms with Crippen molar-refractivity contribution in [2.45, 2.75) is 38.6 Å². The van der Waals surface area contributed by atoms with E-state index in [4.69, 9.17) is 12.2 Å². The van der Waals surface area contributed by atoms with Gasteiger partial charge in [0.2, 0.25) is 0 Å². The van der Waals surface area contributed by atoms with Crippen LogP contribution in [0.1, 0.15) is 29.7 Å². The lowest BCUT2D eigenvalue weighted by atomic mass is 10.2. The molecule has 114 valence electrons. The van der Waals surface area contributed by atoms with Gasteiger partial charge in [-0.1, -0.05) is 0 Å². The van der Waals surface area contributed by atoms with E-state index in [9.17, 15) is 4.79 Å². The summed E-state index contributed by atoms with van der Waals surface area (Å²) < 4.78 is 2.32. The highest BCUT2D eigenvalue weighted by Gasteiger charge is 2.21. The Morgan fingerprint density at radius 3 is 2.90 bits per heavy atom. The van der Waals surface area contributed by atoms with E-state index in [-0.39, 0.29) is 5.56 Å². The maximum atomic E-state index is 12.8. The fraction of sp³-hybridized carbons (Fsp3) is 0.600. The van der Waals surface area contributed by atoms with E-state index < -0.39 is 0 Å². The maximum Gasteiger partial charge on any atom is 0.263 e. The monoisotopic (exact) mass is 323 g/mol. The number of aryl methyl sites for hydroxylation is 2. The van der Waals surface area contributed by atoms with Crippen LogP contribution in [0.2, 0.25) is 0 Å². The molecule has 0 saturated heterocycles. The van der Waals surface area contributed by atoms with Gasteiger partial charge in [0.05, 0.1) is 5.39 Å². The van der Waals surface area contributed by atoms with Crippen LogP contribution in [0.15, 0.2) is 4.79 Å². The SMILES string of the molecule is CN(C)CCCCn1c(=S)[nH]c2sc3c(c2c1=O)CCC3. The van der Waals surface area contributed by atoms with E-state index in [2.05, 4.69) is 24.0 Å². The minimum atomic E-state index is 0.109. The summed E-state index contributed by atoms with van der Waals surface area (Å²) in [6.07, 6.45) is 5.38. The molecule has 0 amide bonds. The quantitative estimate of drug-likeness (QED) is 0.679. The van der Waals surface area contributed by atoms with E-state index in [0.717, 1.165) is 42.4 Å². The highest BCUT2D eigenvalue weighted by molar-refractivity contribution is 7.71. The third-order valence-corrected chi connectivity index (χ3v) is 5.61. The van der Waals surface area contributed by atoms with Crippen LogP contribution in [0, 0.1) is 4.77 Å². The second kappa shape index (κ2) is 6.02. The van der Waals surface area contributed by atoms with E-state index in [0.29, 0.717) is 11.3 Å². The smallest absolute Gasteiger partial charge is 0.263 e. The average Bonchev–Trinajstić information content (AvgIpc) is 2.96. The first-order valence-corrected chi connectivity index (χ1v) is 8.72. The van der Waals surface area contributed by atoms with Crippen molar-refractivity contribution >= 4 is 33.8 Å². The van der Waals surface area contributed by atoms with Crippen LogP contribution in [0.3, 0.4) is 0 Å². The molecule has 4 nitrogen and oxygen atoms in total. The summed E-state index contributed by atoms with van der Waals surface area (Å²) in [5, 5.41) is 0.897. The zero-order chi connectivity index (χ0) is 15.0. The zero-order valence-corrected chi connectivity index (χ0v) is 14.2. The number of hydrogen-bond acceptors (Lipinski definition) is 4. The molecule has 6 heteroatoms. The lowest BCUT2D eigenvalue weighted by molar-refractivity contribution is 0.386. The summed E-state index contributed by atoms with van der Waals surface area (Å²) in [5.41, 5.74) is 1.38. The molecule has 0 saturated carbocycles. The normalized spacial score (nSPS) is 14.2. The molecular formula is C15H21N3OS2. The first kappa shape index (κ1) is 14.9. The van der Waals surface area contributed by atoms with Gasteiger partial charge in [-0.15, -0.1) is 11.3 Å². The number of rotatable bonds is 5. The van der Waals surface area contributed by atoms with Crippen LogP contribution in [0.4, 0.5) is 0 Å². The summed E-state index contributed by atoms with van der Waals surface area (Å²) in [6.45, 7) is 1.75. The van der Waals surface area contributed by atoms with Crippen molar-refractivity contribution in [1.29, 1.82) is 0 Å². The summed E-state index contributed by atoms with van der Waals surface area (Å²) >= 11 is 7.09. The molecule has 1 aliphatic rings.